The Morgan fingerprint density at radius 2 is 2.42 bits per heavy atom. The summed E-state index contributed by atoms with van der Waals surface area (Å²) in [7, 11) is 0. The van der Waals surface area contributed by atoms with Gasteiger partial charge in [0.25, 0.3) is 0 Å². The number of H-pyrrole nitrogens is 1. The smallest absolute Gasteiger partial charge is 0.312 e. The zero-order valence-corrected chi connectivity index (χ0v) is 6.57. The molecule has 2 N–H and O–H groups in total. The summed E-state index contributed by atoms with van der Waals surface area (Å²) >= 11 is 0. The summed E-state index contributed by atoms with van der Waals surface area (Å²) in [5.74, 6) is 0. The molecule has 6 heteroatoms. The van der Waals surface area contributed by atoms with E-state index in [0.29, 0.717) is 11.4 Å². The second-order valence-corrected chi connectivity index (χ2v) is 2.37. The van der Waals surface area contributed by atoms with Gasteiger partial charge in [-0.15, -0.1) is 0 Å². The molecule has 6 nitrogen and oxygen atoms in total. The van der Waals surface area contributed by atoms with Crippen LogP contribution in [0.4, 0.5) is 5.69 Å². The van der Waals surface area contributed by atoms with Crippen LogP contribution in [0.1, 0.15) is 11.4 Å². The number of nitrogens with one attached hydrogen (secondary N) is 1. The number of rotatable bonds is 3. The van der Waals surface area contributed by atoms with Gasteiger partial charge in [-0.3, -0.25) is 15.2 Å². The number of nitrogens with zero attached hydrogens (tertiary/aromatic N) is 2. The molecule has 0 atom stereocenters. The fourth-order valence-electron chi connectivity index (χ4n) is 0.996. The fourth-order valence-corrected chi connectivity index (χ4v) is 0.996. The number of aliphatic hydroxyl groups excluding tert-OH is 1. The lowest BCUT2D eigenvalue weighted by Gasteiger charge is -1.91. The van der Waals surface area contributed by atoms with Gasteiger partial charge in [-0.2, -0.15) is 5.10 Å². The number of hydrogen-bond donors (Lipinski definition) is 2. The Labute approximate surface area is 68.4 Å². The molecule has 0 aliphatic carbocycles. The van der Waals surface area contributed by atoms with Gasteiger partial charge in [-0.1, -0.05) is 0 Å². The van der Waals surface area contributed by atoms with Gasteiger partial charge < -0.3 is 5.11 Å². The summed E-state index contributed by atoms with van der Waals surface area (Å²) < 4.78 is 0. The Kier molecular flexibility index (Phi) is 2.39. The zero-order chi connectivity index (χ0) is 9.14. The van der Waals surface area contributed by atoms with E-state index in [2.05, 4.69) is 10.2 Å². The molecule has 0 spiro atoms. The number of aromatic nitrogens is 2. The van der Waals surface area contributed by atoms with Crippen molar-refractivity contribution in [3.63, 3.8) is 0 Å². The van der Waals surface area contributed by atoms with Gasteiger partial charge in [0, 0.05) is 13.0 Å². The van der Waals surface area contributed by atoms with Crippen molar-refractivity contribution in [3.8, 4) is 0 Å². The molecule has 1 aromatic heterocycles. The van der Waals surface area contributed by atoms with E-state index in [-0.39, 0.29) is 18.7 Å². The highest BCUT2D eigenvalue weighted by atomic mass is 16.6. The molecule has 0 unspecified atom stereocenters. The summed E-state index contributed by atoms with van der Waals surface area (Å²) in [4.78, 5) is 9.95. The average molecular weight is 171 g/mol. The minimum absolute atomic E-state index is 0.0240. The second kappa shape index (κ2) is 3.31. The van der Waals surface area contributed by atoms with Crippen LogP contribution in [0.3, 0.4) is 0 Å². The maximum Gasteiger partial charge on any atom is 0.312 e. The van der Waals surface area contributed by atoms with E-state index in [1.54, 1.807) is 6.92 Å². The molecule has 0 fully saturated rings. The third kappa shape index (κ3) is 1.42. The van der Waals surface area contributed by atoms with Crippen LogP contribution < -0.4 is 0 Å². The van der Waals surface area contributed by atoms with Crippen molar-refractivity contribution in [1.82, 2.24) is 10.2 Å². The third-order valence-corrected chi connectivity index (χ3v) is 1.52. The molecular formula is C6H9N3O3. The van der Waals surface area contributed by atoms with Crippen LogP contribution >= 0.6 is 0 Å². The zero-order valence-electron chi connectivity index (χ0n) is 6.57. The fraction of sp³-hybridized carbons (Fsp3) is 0.500. The SMILES string of the molecule is Cc1[nH]nc(CCO)c1[N+](=O)[O-]. The summed E-state index contributed by atoms with van der Waals surface area (Å²) in [6.07, 6.45) is 0.209. The van der Waals surface area contributed by atoms with Crippen LogP contribution in [0, 0.1) is 17.0 Å². The molecule has 12 heavy (non-hydrogen) atoms. The van der Waals surface area contributed by atoms with Gasteiger partial charge in [0.2, 0.25) is 0 Å². The lowest BCUT2D eigenvalue weighted by Crippen LogP contribution is -1.97. The number of nitro groups is 1. The molecule has 66 valence electrons. The summed E-state index contributed by atoms with van der Waals surface area (Å²) in [6, 6.07) is 0. The van der Waals surface area contributed by atoms with Crippen LogP contribution in [0.5, 0.6) is 0 Å². The van der Waals surface area contributed by atoms with Crippen molar-refractivity contribution in [2.24, 2.45) is 0 Å². The molecule has 0 aromatic carbocycles. The van der Waals surface area contributed by atoms with Crippen molar-refractivity contribution in [1.29, 1.82) is 0 Å². The topological polar surface area (TPSA) is 92.0 Å². The van der Waals surface area contributed by atoms with Crippen molar-refractivity contribution < 1.29 is 10.0 Å². The largest absolute Gasteiger partial charge is 0.396 e. The molecule has 1 aromatic rings. The van der Waals surface area contributed by atoms with Gasteiger partial charge in [0.15, 0.2) is 0 Å². The molecular weight excluding hydrogens is 162 g/mol. The van der Waals surface area contributed by atoms with Gasteiger partial charge in [0.05, 0.1) is 4.92 Å². The molecule has 0 radical (unpaired) electrons. The predicted molar refractivity (Wildman–Crippen MR) is 40.8 cm³/mol. The first-order chi connectivity index (χ1) is 5.66. The van der Waals surface area contributed by atoms with Crippen molar-refractivity contribution >= 4 is 5.69 Å². The van der Waals surface area contributed by atoms with Crippen LogP contribution in [-0.2, 0) is 6.42 Å². The molecule has 0 saturated carbocycles. The minimum atomic E-state index is -0.496. The Balaban J connectivity index is 3.04. The van der Waals surface area contributed by atoms with Crippen LogP contribution in [0.2, 0.25) is 0 Å². The summed E-state index contributed by atoms with van der Waals surface area (Å²) in [6.45, 7) is 1.44. The van der Waals surface area contributed by atoms with Crippen LogP contribution in [0.15, 0.2) is 0 Å². The number of aromatic amines is 1. The maximum absolute atomic E-state index is 10.4. The van der Waals surface area contributed by atoms with Crippen molar-refractivity contribution in [2.45, 2.75) is 13.3 Å². The Hall–Kier alpha value is -1.43. The monoisotopic (exact) mass is 171 g/mol. The van der Waals surface area contributed by atoms with Crippen LogP contribution in [-0.4, -0.2) is 26.8 Å². The van der Waals surface area contributed by atoms with Crippen molar-refractivity contribution in [3.05, 3.63) is 21.5 Å². The molecule has 0 bridgehead atoms. The highest BCUT2D eigenvalue weighted by molar-refractivity contribution is 5.39. The molecule has 1 rings (SSSR count). The molecule has 0 aliphatic rings. The van der Waals surface area contributed by atoms with E-state index in [1.807, 2.05) is 0 Å². The molecule has 0 saturated heterocycles. The van der Waals surface area contributed by atoms with E-state index in [1.165, 1.54) is 0 Å². The highest BCUT2D eigenvalue weighted by Crippen LogP contribution is 2.19. The van der Waals surface area contributed by atoms with E-state index in [0.717, 1.165) is 0 Å². The molecule has 1 heterocycles. The maximum atomic E-state index is 10.4. The Bertz CT molecular complexity index is 294. The van der Waals surface area contributed by atoms with Crippen LogP contribution in [0.25, 0.3) is 0 Å². The number of aryl methyl sites for hydroxylation is 1. The first kappa shape index (κ1) is 8.66. The average Bonchev–Trinajstić information content (AvgIpc) is 2.32. The Morgan fingerprint density at radius 1 is 1.75 bits per heavy atom. The van der Waals surface area contributed by atoms with E-state index < -0.39 is 4.92 Å². The second-order valence-electron chi connectivity index (χ2n) is 2.37. The number of hydrogen-bond acceptors (Lipinski definition) is 4. The Morgan fingerprint density at radius 3 is 2.92 bits per heavy atom. The van der Waals surface area contributed by atoms with E-state index in [4.69, 9.17) is 5.11 Å². The first-order valence-electron chi connectivity index (χ1n) is 3.46. The normalized spacial score (nSPS) is 10.2. The number of aliphatic hydroxyl groups is 1. The standard InChI is InChI=1S/C6H9N3O3/c1-4-6(9(11)12)5(2-3-10)8-7-4/h10H,2-3H2,1H3,(H,7,8). The van der Waals surface area contributed by atoms with E-state index in [9.17, 15) is 10.1 Å². The van der Waals surface area contributed by atoms with Gasteiger partial charge in [0.1, 0.15) is 11.4 Å². The van der Waals surface area contributed by atoms with Gasteiger partial charge in [-0.25, -0.2) is 0 Å². The van der Waals surface area contributed by atoms with Gasteiger partial charge >= 0.3 is 5.69 Å². The van der Waals surface area contributed by atoms with E-state index >= 15 is 0 Å². The molecule has 0 aliphatic heterocycles. The predicted octanol–water partition coefficient (Wildman–Crippen LogP) is 0.161. The minimum Gasteiger partial charge on any atom is -0.396 e. The quantitative estimate of drug-likeness (QED) is 0.500. The third-order valence-electron chi connectivity index (χ3n) is 1.52. The van der Waals surface area contributed by atoms with Crippen molar-refractivity contribution in [2.75, 3.05) is 6.61 Å². The summed E-state index contributed by atoms with van der Waals surface area (Å²) in [5.41, 5.74) is 0.701. The lowest BCUT2D eigenvalue weighted by molar-refractivity contribution is -0.386. The first-order valence-corrected chi connectivity index (χ1v) is 3.46. The lowest BCUT2D eigenvalue weighted by atomic mass is 10.2. The molecule has 0 amide bonds. The summed E-state index contributed by atoms with van der Waals surface area (Å²) in [5, 5.41) is 25.2. The highest BCUT2D eigenvalue weighted by Gasteiger charge is 2.20. The van der Waals surface area contributed by atoms with Gasteiger partial charge in [-0.05, 0) is 6.92 Å².